The summed E-state index contributed by atoms with van der Waals surface area (Å²) < 4.78 is 63.1. The van der Waals surface area contributed by atoms with Crippen LogP contribution in [0.2, 0.25) is 0 Å². The number of benzene rings is 1. The molecule has 126 valence electrons. The van der Waals surface area contributed by atoms with Gasteiger partial charge in [-0.1, -0.05) is 13.8 Å². The van der Waals surface area contributed by atoms with E-state index >= 15 is 0 Å². The molecule has 0 unspecified atom stereocenters. The van der Waals surface area contributed by atoms with Crippen molar-refractivity contribution >= 4 is 19.9 Å². The van der Waals surface area contributed by atoms with Crippen molar-refractivity contribution in [3.8, 4) is 0 Å². The molecular formula is C13H21FN2O4S2. The number of sulfone groups is 1. The molecule has 0 atom stereocenters. The van der Waals surface area contributed by atoms with Gasteiger partial charge >= 0.3 is 0 Å². The van der Waals surface area contributed by atoms with Crippen molar-refractivity contribution in [1.82, 2.24) is 4.72 Å². The molecule has 1 aromatic carbocycles. The monoisotopic (exact) mass is 352 g/mol. The molecule has 0 aliphatic rings. The minimum Gasteiger partial charge on any atom is -0.324 e. The molecule has 3 N–H and O–H groups in total. The van der Waals surface area contributed by atoms with Crippen LogP contribution in [0.5, 0.6) is 0 Å². The first kappa shape index (κ1) is 19.0. The SMILES string of the molecule is CCC(N)(CC)CNS(=O)(=O)c1ccc(S(C)(=O)=O)c(F)c1. The molecule has 0 spiro atoms. The fraction of sp³-hybridized carbons (Fsp3) is 0.538. The number of hydrogen-bond acceptors (Lipinski definition) is 5. The maximum absolute atomic E-state index is 13.8. The van der Waals surface area contributed by atoms with Gasteiger partial charge in [0.25, 0.3) is 0 Å². The zero-order valence-electron chi connectivity index (χ0n) is 12.8. The van der Waals surface area contributed by atoms with Crippen molar-refractivity contribution < 1.29 is 21.2 Å². The van der Waals surface area contributed by atoms with Gasteiger partial charge in [0.05, 0.1) is 4.90 Å². The number of sulfonamides is 1. The molecule has 0 amide bonds. The van der Waals surface area contributed by atoms with E-state index in [9.17, 15) is 21.2 Å². The van der Waals surface area contributed by atoms with Gasteiger partial charge in [-0.15, -0.1) is 0 Å². The zero-order valence-corrected chi connectivity index (χ0v) is 14.4. The second-order valence-electron chi connectivity index (χ2n) is 5.26. The van der Waals surface area contributed by atoms with E-state index in [1.165, 1.54) is 0 Å². The van der Waals surface area contributed by atoms with E-state index in [1.807, 2.05) is 13.8 Å². The van der Waals surface area contributed by atoms with Gasteiger partial charge in [0.15, 0.2) is 9.84 Å². The molecule has 22 heavy (non-hydrogen) atoms. The summed E-state index contributed by atoms with van der Waals surface area (Å²) in [4.78, 5) is -0.881. The first-order chi connectivity index (χ1) is 9.95. The minimum absolute atomic E-state index is 0.0117. The highest BCUT2D eigenvalue weighted by Crippen LogP contribution is 2.19. The Labute approximate surface area is 130 Å². The zero-order chi connectivity index (χ0) is 17.2. The standard InChI is InChI=1S/C13H21FN2O4S2/c1-4-13(15,5-2)9-16-22(19,20)10-6-7-12(11(14)8-10)21(3,17)18/h6-8,16H,4-5,9,15H2,1-3H3. The van der Waals surface area contributed by atoms with Crippen LogP contribution >= 0.6 is 0 Å². The lowest BCUT2D eigenvalue weighted by Gasteiger charge is -2.26. The highest BCUT2D eigenvalue weighted by molar-refractivity contribution is 7.90. The molecule has 0 aliphatic heterocycles. The predicted octanol–water partition coefficient (Wildman–Crippen LogP) is 1.02. The van der Waals surface area contributed by atoms with Crippen LogP contribution in [0, 0.1) is 5.82 Å². The molecule has 0 radical (unpaired) electrons. The van der Waals surface area contributed by atoms with E-state index in [4.69, 9.17) is 5.73 Å². The largest absolute Gasteiger partial charge is 0.324 e. The second kappa shape index (κ2) is 6.61. The fourth-order valence-corrected chi connectivity index (χ4v) is 3.65. The smallest absolute Gasteiger partial charge is 0.240 e. The number of nitrogens with one attached hydrogen (secondary N) is 1. The number of halogens is 1. The van der Waals surface area contributed by atoms with Crippen molar-refractivity contribution in [3.63, 3.8) is 0 Å². The van der Waals surface area contributed by atoms with Gasteiger partial charge in [-0.25, -0.2) is 25.9 Å². The van der Waals surface area contributed by atoms with Crippen LogP contribution < -0.4 is 10.5 Å². The molecule has 0 aliphatic carbocycles. The van der Waals surface area contributed by atoms with Gasteiger partial charge in [0.2, 0.25) is 10.0 Å². The Hall–Kier alpha value is -1.03. The molecule has 0 saturated carbocycles. The van der Waals surface area contributed by atoms with Crippen molar-refractivity contribution in [2.45, 2.75) is 42.0 Å². The summed E-state index contributed by atoms with van der Waals surface area (Å²) in [5.74, 6) is -1.10. The quantitative estimate of drug-likeness (QED) is 0.762. The van der Waals surface area contributed by atoms with E-state index in [2.05, 4.69) is 4.72 Å². The van der Waals surface area contributed by atoms with E-state index in [1.54, 1.807) is 0 Å². The highest BCUT2D eigenvalue weighted by Gasteiger charge is 2.25. The van der Waals surface area contributed by atoms with Gasteiger partial charge < -0.3 is 5.73 Å². The molecule has 1 aromatic rings. The van der Waals surface area contributed by atoms with Crippen LogP contribution in [0.4, 0.5) is 4.39 Å². The Kier molecular flexibility index (Phi) is 5.71. The van der Waals surface area contributed by atoms with E-state index in [-0.39, 0.29) is 11.4 Å². The van der Waals surface area contributed by atoms with Crippen molar-refractivity contribution in [2.24, 2.45) is 5.73 Å². The third-order valence-corrected chi connectivity index (χ3v) is 6.16. The Balaban J connectivity index is 3.08. The van der Waals surface area contributed by atoms with Crippen molar-refractivity contribution in [3.05, 3.63) is 24.0 Å². The lowest BCUT2D eigenvalue weighted by Crippen LogP contribution is -2.49. The summed E-state index contributed by atoms with van der Waals surface area (Å²) in [6.45, 7) is 3.70. The summed E-state index contributed by atoms with van der Waals surface area (Å²) in [5.41, 5.74) is 5.33. The predicted molar refractivity (Wildman–Crippen MR) is 82.2 cm³/mol. The van der Waals surface area contributed by atoms with E-state index in [0.29, 0.717) is 18.9 Å². The van der Waals surface area contributed by atoms with Crippen molar-refractivity contribution in [2.75, 3.05) is 12.8 Å². The normalized spacial score (nSPS) is 13.3. The number of rotatable bonds is 7. The molecule has 1 rings (SSSR count). The van der Waals surface area contributed by atoms with E-state index in [0.717, 1.165) is 18.4 Å². The lowest BCUT2D eigenvalue weighted by molar-refractivity contribution is 0.391. The minimum atomic E-state index is -3.96. The van der Waals surface area contributed by atoms with Crippen LogP contribution in [0.25, 0.3) is 0 Å². The summed E-state index contributed by atoms with van der Waals surface area (Å²) in [7, 11) is -7.71. The first-order valence-electron chi connectivity index (χ1n) is 6.73. The molecule has 0 heterocycles. The van der Waals surface area contributed by atoms with Gasteiger partial charge in [0.1, 0.15) is 10.7 Å². The molecule has 6 nitrogen and oxygen atoms in total. The maximum Gasteiger partial charge on any atom is 0.240 e. The van der Waals surface area contributed by atoms with Gasteiger partial charge in [-0.2, -0.15) is 0 Å². The topological polar surface area (TPSA) is 106 Å². The summed E-state index contributed by atoms with van der Waals surface area (Å²) in [6, 6.07) is 2.68. The Morgan fingerprint density at radius 1 is 1.18 bits per heavy atom. The molecule has 9 heteroatoms. The molecule has 0 saturated heterocycles. The second-order valence-corrected chi connectivity index (χ2v) is 9.01. The van der Waals surface area contributed by atoms with Crippen LogP contribution in [-0.4, -0.2) is 35.2 Å². The van der Waals surface area contributed by atoms with Crippen molar-refractivity contribution in [1.29, 1.82) is 0 Å². The maximum atomic E-state index is 13.8. The Morgan fingerprint density at radius 2 is 1.73 bits per heavy atom. The molecular weight excluding hydrogens is 331 g/mol. The fourth-order valence-electron chi connectivity index (χ4n) is 1.77. The Bertz CT molecular complexity index is 741. The average Bonchev–Trinajstić information content (AvgIpc) is 2.43. The third kappa shape index (κ3) is 4.48. The van der Waals surface area contributed by atoms with E-state index < -0.39 is 36.1 Å². The van der Waals surface area contributed by atoms with Crippen LogP contribution in [0.3, 0.4) is 0 Å². The summed E-state index contributed by atoms with van der Waals surface area (Å²) in [5, 5.41) is 0. The molecule has 0 fully saturated rings. The van der Waals surface area contributed by atoms with Crippen LogP contribution in [-0.2, 0) is 19.9 Å². The third-order valence-electron chi connectivity index (χ3n) is 3.64. The molecule has 0 aromatic heterocycles. The highest BCUT2D eigenvalue weighted by atomic mass is 32.2. The average molecular weight is 352 g/mol. The van der Waals surface area contributed by atoms with Crippen LogP contribution in [0.1, 0.15) is 26.7 Å². The van der Waals surface area contributed by atoms with Gasteiger partial charge in [-0.05, 0) is 31.0 Å². The molecule has 0 bridgehead atoms. The Morgan fingerprint density at radius 3 is 2.14 bits per heavy atom. The van der Waals surface area contributed by atoms with Crippen LogP contribution in [0.15, 0.2) is 28.0 Å². The van der Waals surface area contributed by atoms with Gasteiger partial charge in [0, 0.05) is 18.3 Å². The first-order valence-corrected chi connectivity index (χ1v) is 10.1. The summed E-state index contributed by atoms with van der Waals surface area (Å²) in [6.07, 6.45) is 2.00. The van der Waals surface area contributed by atoms with Gasteiger partial charge in [-0.3, -0.25) is 0 Å². The lowest BCUT2D eigenvalue weighted by atomic mass is 9.95. The number of nitrogens with two attached hydrogens (primary N) is 1. The summed E-state index contributed by atoms with van der Waals surface area (Å²) >= 11 is 0. The number of hydrogen-bond donors (Lipinski definition) is 2.